The van der Waals surface area contributed by atoms with Crippen LogP contribution in [0.15, 0.2) is 24.3 Å². The Hall–Kier alpha value is -1.60. The van der Waals surface area contributed by atoms with Gasteiger partial charge in [0.05, 0.1) is 4.75 Å². The summed E-state index contributed by atoms with van der Waals surface area (Å²) in [6.45, 7) is 4.48. The van der Waals surface area contributed by atoms with Gasteiger partial charge in [0, 0.05) is 0 Å². The fourth-order valence-corrected chi connectivity index (χ4v) is 2.32. The second kappa shape index (κ2) is 5.80. The van der Waals surface area contributed by atoms with Gasteiger partial charge in [-0.1, -0.05) is 12.1 Å². The maximum Gasteiger partial charge on any atom is 0.322 e. The molecule has 3 N–H and O–H groups in total. The van der Waals surface area contributed by atoms with Crippen molar-refractivity contribution in [2.75, 3.05) is 0 Å². The summed E-state index contributed by atoms with van der Waals surface area (Å²) in [5, 5.41) is 18.3. The van der Waals surface area contributed by atoms with Crippen LogP contribution < -0.4 is 4.72 Å². The zero-order valence-electron chi connectivity index (χ0n) is 11.6. The number of carboxylic acids is 1. The highest BCUT2D eigenvalue weighted by molar-refractivity contribution is 7.90. The van der Waals surface area contributed by atoms with Gasteiger partial charge in [-0.05, 0) is 44.9 Å². The SMILES string of the molecule is CC(C)(C)S(=O)(=O)N[C@H](Cc1ccc(O)cc1)C(=O)O. The number of hydrogen-bond donors (Lipinski definition) is 3. The standard InChI is InChI=1S/C13H19NO5S/c1-13(2,3)20(18,19)14-11(12(16)17)8-9-4-6-10(15)7-5-9/h4-7,11,14-15H,8H2,1-3H3,(H,16,17)/t11-/m1/s1. The van der Waals surface area contributed by atoms with Crippen molar-refractivity contribution in [2.45, 2.75) is 38.0 Å². The van der Waals surface area contributed by atoms with Gasteiger partial charge in [0.25, 0.3) is 0 Å². The molecule has 7 heteroatoms. The average molecular weight is 301 g/mol. The number of carboxylic acid groups (broad SMARTS) is 1. The van der Waals surface area contributed by atoms with E-state index in [1.807, 2.05) is 0 Å². The molecule has 0 aliphatic rings. The maximum absolute atomic E-state index is 12.0. The second-order valence-electron chi connectivity index (χ2n) is 5.50. The Kier molecular flexibility index (Phi) is 4.77. The normalized spacial score (nSPS) is 13.9. The first-order chi connectivity index (χ1) is 9.03. The van der Waals surface area contributed by atoms with E-state index < -0.39 is 26.8 Å². The van der Waals surface area contributed by atoms with E-state index in [2.05, 4.69) is 4.72 Å². The summed E-state index contributed by atoms with van der Waals surface area (Å²) >= 11 is 0. The van der Waals surface area contributed by atoms with Crippen molar-refractivity contribution in [3.63, 3.8) is 0 Å². The average Bonchev–Trinajstić information content (AvgIpc) is 2.29. The molecule has 0 bridgehead atoms. The maximum atomic E-state index is 12.0. The van der Waals surface area contributed by atoms with Gasteiger partial charge in [0.15, 0.2) is 0 Å². The second-order valence-corrected chi connectivity index (χ2v) is 7.96. The molecular formula is C13H19NO5S. The minimum absolute atomic E-state index is 0.00488. The third-order valence-corrected chi connectivity index (χ3v) is 4.99. The molecule has 0 aliphatic heterocycles. The smallest absolute Gasteiger partial charge is 0.322 e. The minimum Gasteiger partial charge on any atom is -0.508 e. The largest absolute Gasteiger partial charge is 0.508 e. The molecule has 0 aliphatic carbocycles. The summed E-state index contributed by atoms with van der Waals surface area (Å²) in [7, 11) is -3.75. The van der Waals surface area contributed by atoms with E-state index in [9.17, 15) is 13.2 Å². The molecule has 1 atom stereocenters. The van der Waals surface area contributed by atoms with Gasteiger partial charge in [-0.25, -0.2) is 13.1 Å². The van der Waals surface area contributed by atoms with Crippen LogP contribution in [-0.2, 0) is 21.2 Å². The third-order valence-electron chi connectivity index (χ3n) is 2.78. The number of phenols is 1. The molecule has 0 spiro atoms. The van der Waals surface area contributed by atoms with Crippen LogP contribution in [0.4, 0.5) is 0 Å². The van der Waals surface area contributed by atoms with Gasteiger partial charge >= 0.3 is 5.97 Å². The van der Waals surface area contributed by atoms with Crippen LogP contribution in [0, 0.1) is 0 Å². The van der Waals surface area contributed by atoms with Gasteiger partial charge in [0.2, 0.25) is 10.0 Å². The van der Waals surface area contributed by atoms with Crippen molar-refractivity contribution in [3.05, 3.63) is 29.8 Å². The monoisotopic (exact) mass is 301 g/mol. The summed E-state index contributed by atoms with van der Waals surface area (Å²) in [5.74, 6) is -1.18. The highest BCUT2D eigenvalue weighted by atomic mass is 32.2. The molecule has 1 rings (SSSR count). The molecule has 0 radical (unpaired) electrons. The number of hydrogen-bond acceptors (Lipinski definition) is 4. The van der Waals surface area contributed by atoms with Crippen LogP contribution in [0.5, 0.6) is 5.75 Å². The Morgan fingerprint density at radius 2 is 1.75 bits per heavy atom. The predicted octanol–water partition coefficient (Wildman–Crippen LogP) is 1.11. The van der Waals surface area contributed by atoms with Crippen LogP contribution >= 0.6 is 0 Å². The van der Waals surface area contributed by atoms with E-state index in [1.54, 1.807) is 12.1 Å². The van der Waals surface area contributed by atoms with E-state index in [1.165, 1.54) is 32.9 Å². The number of rotatable bonds is 5. The van der Waals surface area contributed by atoms with Crippen molar-refractivity contribution < 1.29 is 23.4 Å². The number of phenolic OH excluding ortho intramolecular Hbond substituents is 1. The third kappa shape index (κ3) is 4.21. The summed E-state index contributed by atoms with van der Waals surface area (Å²) < 4.78 is 25.1. The van der Waals surface area contributed by atoms with Gasteiger partial charge < -0.3 is 10.2 Å². The molecular weight excluding hydrogens is 282 g/mol. The predicted molar refractivity (Wildman–Crippen MR) is 75.0 cm³/mol. The minimum atomic E-state index is -3.75. The first-order valence-electron chi connectivity index (χ1n) is 6.05. The number of carbonyl (C=O) groups is 1. The number of benzene rings is 1. The summed E-state index contributed by atoms with van der Waals surface area (Å²) in [5.41, 5.74) is 0.617. The Labute approximate surface area is 118 Å². The summed E-state index contributed by atoms with van der Waals surface area (Å²) in [4.78, 5) is 11.2. The lowest BCUT2D eigenvalue weighted by molar-refractivity contribution is -0.138. The molecule has 0 aromatic heterocycles. The topological polar surface area (TPSA) is 104 Å². The molecule has 1 aromatic carbocycles. The van der Waals surface area contributed by atoms with Crippen LogP contribution in [0.1, 0.15) is 26.3 Å². The molecule has 0 unspecified atom stereocenters. The molecule has 1 aromatic rings. The lowest BCUT2D eigenvalue weighted by Crippen LogP contribution is -2.48. The highest BCUT2D eigenvalue weighted by Gasteiger charge is 2.33. The van der Waals surface area contributed by atoms with Gasteiger partial charge in [0.1, 0.15) is 11.8 Å². The van der Waals surface area contributed by atoms with Crippen LogP contribution in [0.2, 0.25) is 0 Å². The lowest BCUT2D eigenvalue weighted by atomic mass is 10.1. The highest BCUT2D eigenvalue weighted by Crippen LogP contribution is 2.16. The van der Waals surface area contributed by atoms with Crippen LogP contribution in [0.25, 0.3) is 0 Å². The fourth-order valence-electron chi connectivity index (χ4n) is 1.41. The number of aromatic hydroxyl groups is 1. The van der Waals surface area contributed by atoms with Gasteiger partial charge in [-0.3, -0.25) is 4.79 Å². The van der Waals surface area contributed by atoms with E-state index in [4.69, 9.17) is 10.2 Å². The summed E-state index contributed by atoms with van der Waals surface area (Å²) in [6, 6.07) is 4.70. The number of aliphatic carboxylic acids is 1. The lowest BCUT2D eigenvalue weighted by Gasteiger charge is -2.23. The fraction of sp³-hybridized carbons (Fsp3) is 0.462. The zero-order chi connectivity index (χ0) is 15.6. The van der Waals surface area contributed by atoms with Crippen LogP contribution in [0.3, 0.4) is 0 Å². The van der Waals surface area contributed by atoms with E-state index >= 15 is 0 Å². The Bertz CT molecular complexity index is 572. The molecule has 0 fully saturated rings. The van der Waals surface area contributed by atoms with Gasteiger partial charge in [-0.15, -0.1) is 0 Å². The van der Waals surface area contributed by atoms with E-state index in [0.29, 0.717) is 5.56 Å². The van der Waals surface area contributed by atoms with Gasteiger partial charge in [-0.2, -0.15) is 0 Å². The van der Waals surface area contributed by atoms with Crippen molar-refractivity contribution in [2.24, 2.45) is 0 Å². The Balaban J connectivity index is 2.92. The van der Waals surface area contributed by atoms with Crippen molar-refractivity contribution >= 4 is 16.0 Å². The molecule has 0 heterocycles. The number of sulfonamides is 1. The Morgan fingerprint density at radius 3 is 2.15 bits per heavy atom. The van der Waals surface area contributed by atoms with Crippen molar-refractivity contribution in [1.82, 2.24) is 4.72 Å². The number of nitrogens with one attached hydrogen (secondary N) is 1. The quantitative estimate of drug-likeness (QED) is 0.755. The zero-order valence-corrected chi connectivity index (χ0v) is 12.4. The first-order valence-corrected chi connectivity index (χ1v) is 7.54. The van der Waals surface area contributed by atoms with Crippen molar-refractivity contribution in [1.29, 1.82) is 0 Å². The molecule has 20 heavy (non-hydrogen) atoms. The molecule has 0 saturated heterocycles. The van der Waals surface area contributed by atoms with Crippen LogP contribution in [-0.4, -0.2) is 35.4 Å². The van der Waals surface area contributed by atoms with E-state index in [-0.39, 0.29) is 12.2 Å². The first kappa shape index (κ1) is 16.5. The molecule has 6 nitrogen and oxygen atoms in total. The molecule has 0 saturated carbocycles. The Morgan fingerprint density at radius 1 is 1.25 bits per heavy atom. The van der Waals surface area contributed by atoms with E-state index in [0.717, 1.165) is 0 Å². The van der Waals surface area contributed by atoms with Crippen molar-refractivity contribution in [3.8, 4) is 5.75 Å². The molecule has 112 valence electrons. The summed E-state index contributed by atoms with van der Waals surface area (Å²) in [6.07, 6.45) is 0.00488. The molecule has 0 amide bonds.